The minimum absolute atomic E-state index is 0.110. The van der Waals surface area contributed by atoms with Gasteiger partial charge < -0.3 is 15.5 Å². The molecule has 0 saturated heterocycles. The summed E-state index contributed by atoms with van der Waals surface area (Å²) in [6.07, 6.45) is 0.110. The van der Waals surface area contributed by atoms with E-state index in [1.807, 2.05) is 0 Å². The molecule has 0 fully saturated rings. The predicted octanol–water partition coefficient (Wildman–Crippen LogP) is 1.47. The highest BCUT2D eigenvalue weighted by Gasteiger charge is 2.17. The monoisotopic (exact) mass is 289 g/mol. The Bertz CT molecular complexity index is 690. The van der Waals surface area contributed by atoms with Crippen LogP contribution in [0.3, 0.4) is 0 Å². The van der Waals surface area contributed by atoms with Gasteiger partial charge >= 0.3 is 5.88 Å². The van der Waals surface area contributed by atoms with Crippen molar-refractivity contribution in [2.75, 3.05) is 5.32 Å². The molecule has 0 bridgehead atoms. The SMILES string of the molecule is NC(=O)Cc1ccc(NC(=O)c2ccc([N+](=O)[O-])o2)cc1. The molecule has 108 valence electrons. The van der Waals surface area contributed by atoms with E-state index in [4.69, 9.17) is 10.2 Å². The second kappa shape index (κ2) is 5.87. The molecule has 1 aromatic heterocycles. The van der Waals surface area contributed by atoms with E-state index in [9.17, 15) is 19.7 Å². The minimum Gasteiger partial charge on any atom is -0.395 e. The Morgan fingerprint density at radius 2 is 1.86 bits per heavy atom. The van der Waals surface area contributed by atoms with Gasteiger partial charge in [-0.1, -0.05) is 12.1 Å². The van der Waals surface area contributed by atoms with Crippen LogP contribution in [0.15, 0.2) is 40.8 Å². The van der Waals surface area contributed by atoms with Crippen molar-refractivity contribution in [3.63, 3.8) is 0 Å². The van der Waals surface area contributed by atoms with Crippen LogP contribution in [0, 0.1) is 10.1 Å². The molecule has 0 atom stereocenters. The highest BCUT2D eigenvalue weighted by molar-refractivity contribution is 6.02. The lowest BCUT2D eigenvalue weighted by Crippen LogP contribution is -2.14. The van der Waals surface area contributed by atoms with Crippen molar-refractivity contribution in [2.24, 2.45) is 5.73 Å². The molecule has 0 saturated carbocycles. The van der Waals surface area contributed by atoms with Crippen molar-refractivity contribution in [2.45, 2.75) is 6.42 Å². The number of carbonyl (C=O) groups is 2. The van der Waals surface area contributed by atoms with Crippen molar-refractivity contribution < 1.29 is 18.9 Å². The van der Waals surface area contributed by atoms with E-state index >= 15 is 0 Å². The Morgan fingerprint density at radius 3 is 2.38 bits per heavy atom. The van der Waals surface area contributed by atoms with Gasteiger partial charge in [-0.25, -0.2) is 0 Å². The summed E-state index contributed by atoms with van der Waals surface area (Å²) in [5.74, 6) is -1.72. The maximum Gasteiger partial charge on any atom is 0.433 e. The molecule has 0 aliphatic heterocycles. The van der Waals surface area contributed by atoms with Crippen molar-refractivity contribution in [3.05, 3.63) is 57.8 Å². The van der Waals surface area contributed by atoms with E-state index in [2.05, 4.69) is 5.32 Å². The molecule has 2 rings (SSSR count). The van der Waals surface area contributed by atoms with Gasteiger partial charge in [0.1, 0.15) is 4.92 Å². The third-order valence-electron chi connectivity index (χ3n) is 2.59. The van der Waals surface area contributed by atoms with Gasteiger partial charge in [-0.05, 0) is 23.8 Å². The van der Waals surface area contributed by atoms with Crippen molar-refractivity contribution in [1.82, 2.24) is 0 Å². The first kappa shape index (κ1) is 14.3. The average Bonchev–Trinajstić information content (AvgIpc) is 2.90. The first-order chi connectivity index (χ1) is 9.95. The number of hydrogen-bond acceptors (Lipinski definition) is 5. The number of hydrogen-bond donors (Lipinski definition) is 2. The number of primary amides is 1. The van der Waals surface area contributed by atoms with Crippen LogP contribution in [0.5, 0.6) is 0 Å². The first-order valence-electron chi connectivity index (χ1n) is 5.88. The van der Waals surface area contributed by atoms with E-state index in [0.29, 0.717) is 11.3 Å². The molecular formula is C13H11N3O5. The summed E-state index contributed by atoms with van der Waals surface area (Å²) in [5.41, 5.74) is 6.25. The molecule has 0 radical (unpaired) electrons. The summed E-state index contributed by atoms with van der Waals surface area (Å²) in [5, 5.41) is 13.0. The van der Waals surface area contributed by atoms with E-state index in [-0.39, 0.29) is 12.2 Å². The summed E-state index contributed by atoms with van der Waals surface area (Å²) in [4.78, 5) is 32.3. The van der Waals surface area contributed by atoms with Crippen LogP contribution in [-0.4, -0.2) is 16.7 Å². The zero-order valence-corrected chi connectivity index (χ0v) is 10.7. The summed E-state index contributed by atoms with van der Waals surface area (Å²) in [6, 6.07) is 8.79. The number of nitrogens with zero attached hydrogens (tertiary/aromatic N) is 1. The standard InChI is InChI=1S/C13H11N3O5/c14-11(17)7-8-1-3-9(4-2-8)15-13(18)10-5-6-12(21-10)16(19)20/h1-6H,7H2,(H2,14,17)(H,15,18). The maximum absolute atomic E-state index is 11.8. The molecule has 3 N–H and O–H groups in total. The largest absolute Gasteiger partial charge is 0.433 e. The molecule has 8 nitrogen and oxygen atoms in total. The molecule has 0 unspecified atom stereocenters. The lowest BCUT2D eigenvalue weighted by Gasteiger charge is -2.04. The molecule has 8 heteroatoms. The van der Waals surface area contributed by atoms with Gasteiger partial charge in [0.25, 0.3) is 5.91 Å². The number of benzene rings is 1. The molecule has 0 spiro atoms. The quantitative estimate of drug-likeness (QED) is 0.636. The van der Waals surface area contributed by atoms with Crippen LogP contribution in [0.2, 0.25) is 0 Å². The molecule has 21 heavy (non-hydrogen) atoms. The fourth-order valence-electron chi connectivity index (χ4n) is 1.65. The highest BCUT2D eigenvalue weighted by Crippen LogP contribution is 2.17. The van der Waals surface area contributed by atoms with E-state index in [1.54, 1.807) is 24.3 Å². The Balaban J connectivity index is 2.04. The number of nitrogens with one attached hydrogen (secondary N) is 1. The Hall–Kier alpha value is -3.16. The Labute approximate surface area is 118 Å². The van der Waals surface area contributed by atoms with Crippen LogP contribution >= 0.6 is 0 Å². The molecule has 1 heterocycles. The number of nitrogens with two attached hydrogens (primary N) is 1. The number of anilines is 1. The van der Waals surface area contributed by atoms with E-state index in [1.165, 1.54) is 6.07 Å². The number of nitro groups is 1. The maximum atomic E-state index is 11.8. The number of furan rings is 1. The van der Waals surface area contributed by atoms with Gasteiger partial charge in [0.15, 0.2) is 5.76 Å². The first-order valence-corrected chi connectivity index (χ1v) is 5.88. The molecular weight excluding hydrogens is 278 g/mol. The summed E-state index contributed by atoms with van der Waals surface area (Å²) >= 11 is 0. The van der Waals surface area contributed by atoms with Crippen LogP contribution in [-0.2, 0) is 11.2 Å². The second-order valence-corrected chi connectivity index (χ2v) is 4.19. The Kier molecular flexibility index (Phi) is 3.98. The van der Waals surface area contributed by atoms with Crippen LogP contribution in [0.4, 0.5) is 11.6 Å². The second-order valence-electron chi connectivity index (χ2n) is 4.19. The van der Waals surface area contributed by atoms with E-state index in [0.717, 1.165) is 6.07 Å². The Morgan fingerprint density at radius 1 is 1.19 bits per heavy atom. The third-order valence-corrected chi connectivity index (χ3v) is 2.59. The topological polar surface area (TPSA) is 128 Å². The van der Waals surface area contributed by atoms with Gasteiger partial charge in [-0.3, -0.25) is 19.7 Å². The third kappa shape index (κ3) is 3.66. The van der Waals surface area contributed by atoms with Crippen LogP contribution in [0.25, 0.3) is 0 Å². The minimum atomic E-state index is -0.727. The summed E-state index contributed by atoms with van der Waals surface area (Å²) < 4.78 is 4.78. The number of carbonyl (C=O) groups excluding carboxylic acids is 2. The predicted molar refractivity (Wildman–Crippen MR) is 72.7 cm³/mol. The van der Waals surface area contributed by atoms with Crippen molar-refractivity contribution >= 4 is 23.4 Å². The number of amides is 2. The van der Waals surface area contributed by atoms with E-state index < -0.39 is 22.6 Å². The normalized spacial score (nSPS) is 10.1. The average molecular weight is 289 g/mol. The lowest BCUT2D eigenvalue weighted by atomic mass is 10.1. The van der Waals surface area contributed by atoms with Gasteiger partial charge in [0, 0.05) is 5.69 Å². The zero-order valence-electron chi connectivity index (χ0n) is 10.7. The van der Waals surface area contributed by atoms with Crippen molar-refractivity contribution in [1.29, 1.82) is 0 Å². The van der Waals surface area contributed by atoms with Crippen molar-refractivity contribution in [3.8, 4) is 0 Å². The zero-order chi connectivity index (χ0) is 15.4. The number of rotatable bonds is 5. The molecule has 1 aromatic carbocycles. The van der Waals surface area contributed by atoms with Crippen LogP contribution in [0.1, 0.15) is 16.1 Å². The van der Waals surface area contributed by atoms with Gasteiger partial charge in [0.2, 0.25) is 5.91 Å². The molecule has 0 aliphatic carbocycles. The lowest BCUT2D eigenvalue weighted by molar-refractivity contribution is -0.402. The summed E-state index contributed by atoms with van der Waals surface area (Å²) in [6.45, 7) is 0. The fraction of sp³-hybridized carbons (Fsp3) is 0.0769. The van der Waals surface area contributed by atoms with Gasteiger partial charge in [0.05, 0.1) is 12.5 Å². The van der Waals surface area contributed by atoms with Gasteiger partial charge in [-0.15, -0.1) is 0 Å². The molecule has 2 aromatic rings. The summed E-state index contributed by atoms with van der Waals surface area (Å²) in [7, 11) is 0. The molecule has 0 aliphatic rings. The highest BCUT2D eigenvalue weighted by atomic mass is 16.6. The van der Waals surface area contributed by atoms with Crippen LogP contribution < -0.4 is 11.1 Å². The van der Waals surface area contributed by atoms with Gasteiger partial charge in [-0.2, -0.15) is 0 Å². The fourth-order valence-corrected chi connectivity index (χ4v) is 1.65. The smallest absolute Gasteiger partial charge is 0.395 e. The molecule has 2 amide bonds.